The third kappa shape index (κ3) is 3.38. The Kier molecular flexibility index (Phi) is 4.20. The molecule has 0 radical (unpaired) electrons. The molecule has 21 heavy (non-hydrogen) atoms. The van der Waals surface area contributed by atoms with E-state index in [2.05, 4.69) is 10.5 Å². The van der Waals surface area contributed by atoms with E-state index < -0.39 is 9.85 Å². The Labute approximate surface area is 119 Å². The fourth-order valence-corrected chi connectivity index (χ4v) is 1.68. The molecule has 0 spiro atoms. The lowest BCUT2D eigenvalue weighted by molar-refractivity contribution is -0.394. The van der Waals surface area contributed by atoms with Crippen LogP contribution >= 0.6 is 0 Å². The molecule has 106 valence electrons. The molecule has 2 aromatic carbocycles. The molecule has 0 aromatic heterocycles. The smallest absolute Gasteiger partial charge is 0.278 e. The summed E-state index contributed by atoms with van der Waals surface area (Å²) in [4.78, 5) is 20.5. The normalized spacial score (nSPS) is 10.5. The molecule has 2 aromatic rings. The molecule has 1 N–H and O–H groups in total. The van der Waals surface area contributed by atoms with Gasteiger partial charge in [-0.1, -0.05) is 18.2 Å². The quantitative estimate of drug-likeness (QED) is 0.516. The molecule has 0 atom stereocenters. The first kappa shape index (κ1) is 14.1. The van der Waals surface area contributed by atoms with Gasteiger partial charge in [-0.25, -0.2) is 0 Å². The zero-order valence-corrected chi connectivity index (χ0v) is 10.7. The zero-order chi connectivity index (χ0) is 15.2. The van der Waals surface area contributed by atoms with E-state index in [-0.39, 0.29) is 16.9 Å². The van der Waals surface area contributed by atoms with Crippen LogP contribution in [0.4, 0.5) is 17.1 Å². The van der Waals surface area contributed by atoms with E-state index in [9.17, 15) is 20.2 Å². The van der Waals surface area contributed by atoms with Crippen LogP contribution in [0.25, 0.3) is 0 Å². The molecule has 0 fully saturated rings. The van der Waals surface area contributed by atoms with E-state index in [1.54, 1.807) is 24.3 Å². The van der Waals surface area contributed by atoms with Crippen LogP contribution in [0.5, 0.6) is 0 Å². The predicted octanol–water partition coefficient (Wildman–Crippen LogP) is 2.95. The second-order valence-corrected chi connectivity index (χ2v) is 3.96. The standard InChI is InChI=1S/C13H10N4O4/c18-16(19)12-7-4-8-13(17(20)21)11(12)9-14-15-10-5-2-1-3-6-10/h1-9,15H. The molecule has 0 aliphatic heterocycles. The molecule has 0 aliphatic rings. The third-order valence-corrected chi connectivity index (χ3v) is 2.61. The van der Waals surface area contributed by atoms with Crippen molar-refractivity contribution in [2.45, 2.75) is 0 Å². The number of hydrazone groups is 1. The largest absolute Gasteiger partial charge is 0.285 e. The number of rotatable bonds is 5. The summed E-state index contributed by atoms with van der Waals surface area (Å²) in [7, 11) is 0. The Morgan fingerprint density at radius 1 is 0.905 bits per heavy atom. The monoisotopic (exact) mass is 286 g/mol. The minimum absolute atomic E-state index is 0.157. The first-order chi connectivity index (χ1) is 10.1. The van der Waals surface area contributed by atoms with Gasteiger partial charge in [0.15, 0.2) is 0 Å². The van der Waals surface area contributed by atoms with Gasteiger partial charge in [-0.3, -0.25) is 25.7 Å². The average Bonchev–Trinajstić information content (AvgIpc) is 2.48. The summed E-state index contributed by atoms with van der Waals surface area (Å²) in [5.41, 5.74) is 2.41. The highest BCUT2D eigenvalue weighted by Crippen LogP contribution is 2.26. The minimum Gasteiger partial charge on any atom is -0.278 e. The number of nitrogens with one attached hydrogen (secondary N) is 1. The van der Waals surface area contributed by atoms with Gasteiger partial charge in [0, 0.05) is 12.1 Å². The lowest BCUT2D eigenvalue weighted by atomic mass is 10.1. The third-order valence-electron chi connectivity index (χ3n) is 2.61. The Balaban J connectivity index is 2.33. The van der Waals surface area contributed by atoms with Gasteiger partial charge in [0.25, 0.3) is 11.4 Å². The van der Waals surface area contributed by atoms with Crippen molar-refractivity contribution in [3.05, 3.63) is 74.3 Å². The maximum atomic E-state index is 10.9. The van der Waals surface area contributed by atoms with E-state index in [0.29, 0.717) is 5.69 Å². The summed E-state index contributed by atoms with van der Waals surface area (Å²) in [6.45, 7) is 0. The fourth-order valence-electron chi connectivity index (χ4n) is 1.68. The van der Waals surface area contributed by atoms with Gasteiger partial charge in [-0.2, -0.15) is 5.10 Å². The van der Waals surface area contributed by atoms with E-state index in [1.165, 1.54) is 18.2 Å². The second kappa shape index (κ2) is 6.24. The average molecular weight is 286 g/mol. The van der Waals surface area contributed by atoms with Gasteiger partial charge in [0.2, 0.25) is 0 Å². The number of hydrogen-bond acceptors (Lipinski definition) is 6. The van der Waals surface area contributed by atoms with Crippen molar-refractivity contribution in [2.24, 2.45) is 5.10 Å². The molecular weight excluding hydrogens is 276 g/mol. The van der Waals surface area contributed by atoms with Gasteiger partial charge in [-0.05, 0) is 18.2 Å². The van der Waals surface area contributed by atoms with E-state index in [0.717, 1.165) is 6.21 Å². The van der Waals surface area contributed by atoms with E-state index in [4.69, 9.17) is 0 Å². The van der Waals surface area contributed by atoms with Gasteiger partial charge < -0.3 is 0 Å². The maximum Gasteiger partial charge on any atom is 0.285 e. The Hall–Kier alpha value is -3.29. The number of nitro benzene ring substituents is 2. The van der Waals surface area contributed by atoms with Crippen molar-refractivity contribution in [2.75, 3.05) is 5.43 Å². The van der Waals surface area contributed by atoms with Crippen LogP contribution in [0, 0.1) is 20.2 Å². The van der Waals surface area contributed by atoms with Crippen molar-refractivity contribution in [1.82, 2.24) is 0 Å². The van der Waals surface area contributed by atoms with Crippen molar-refractivity contribution in [3.8, 4) is 0 Å². The minimum atomic E-state index is -0.684. The van der Waals surface area contributed by atoms with Gasteiger partial charge in [-0.15, -0.1) is 0 Å². The van der Waals surface area contributed by atoms with Crippen molar-refractivity contribution >= 4 is 23.3 Å². The van der Waals surface area contributed by atoms with Crippen molar-refractivity contribution in [3.63, 3.8) is 0 Å². The van der Waals surface area contributed by atoms with Gasteiger partial charge in [0.05, 0.1) is 21.7 Å². The molecule has 8 heteroatoms. The molecule has 0 heterocycles. The van der Waals surface area contributed by atoms with Gasteiger partial charge >= 0.3 is 0 Å². The fraction of sp³-hybridized carbons (Fsp3) is 0. The molecule has 0 saturated carbocycles. The number of nitrogens with zero attached hydrogens (tertiary/aromatic N) is 3. The summed E-state index contributed by atoms with van der Waals surface area (Å²) in [5.74, 6) is 0. The predicted molar refractivity (Wildman–Crippen MR) is 77.4 cm³/mol. The van der Waals surface area contributed by atoms with Gasteiger partial charge in [0.1, 0.15) is 5.56 Å². The summed E-state index contributed by atoms with van der Waals surface area (Å²) in [6.07, 6.45) is 1.07. The molecule has 0 unspecified atom stereocenters. The lowest BCUT2D eigenvalue weighted by Crippen LogP contribution is -2.01. The van der Waals surface area contributed by atoms with Crippen LogP contribution in [0.2, 0.25) is 0 Å². The number of anilines is 1. The maximum absolute atomic E-state index is 10.9. The summed E-state index contributed by atoms with van der Waals surface area (Å²) < 4.78 is 0. The van der Waals surface area contributed by atoms with E-state index in [1.807, 2.05) is 6.07 Å². The van der Waals surface area contributed by atoms with E-state index >= 15 is 0 Å². The van der Waals surface area contributed by atoms with Crippen molar-refractivity contribution in [1.29, 1.82) is 0 Å². The number of benzene rings is 2. The molecule has 0 saturated heterocycles. The summed E-state index contributed by atoms with van der Waals surface area (Å²) >= 11 is 0. The highest BCUT2D eigenvalue weighted by Gasteiger charge is 2.22. The lowest BCUT2D eigenvalue weighted by Gasteiger charge is -2.00. The SMILES string of the molecule is O=[N+]([O-])c1cccc([N+](=O)[O-])c1C=NNc1ccccc1. The highest BCUT2D eigenvalue weighted by atomic mass is 16.6. The Morgan fingerprint density at radius 2 is 1.48 bits per heavy atom. The molecule has 0 aliphatic carbocycles. The number of para-hydroxylation sites is 1. The first-order valence-electron chi connectivity index (χ1n) is 5.85. The van der Waals surface area contributed by atoms with Crippen LogP contribution in [0.3, 0.4) is 0 Å². The second-order valence-electron chi connectivity index (χ2n) is 3.96. The zero-order valence-electron chi connectivity index (χ0n) is 10.7. The molecule has 0 amide bonds. The molecule has 8 nitrogen and oxygen atoms in total. The van der Waals surface area contributed by atoms with Crippen LogP contribution in [0.1, 0.15) is 5.56 Å². The topological polar surface area (TPSA) is 111 Å². The molecule has 2 rings (SSSR count). The number of nitro groups is 2. The Bertz CT molecular complexity index is 668. The van der Waals surface area contributed by atoms with Crippen molar-refractivity contribution < 1.29 is 9.85 Å². The van der Waals surface area contributed by atoms with Crippen LogP contribution < -0.4 is 5.43 Å². The van der Waals surface area contributed by atoms with Crippen LogP contribution in [-0.4, -0.2) is 16.1 Å². The Morgan fingerprint density at radius 3 is 2.00 bits per heavy atom. The summed E-state index contributed by atoms with van der Waals surface area (Å²) in [5, 5.41) is 25.7. The van der Waals surface area contributed by atoms with Crippen LogP contribution in [0.15, 0.2) is 53.6 Å². The van der Waals surface area contributed by atoms with Crippen LogP contribution in [-0.2, 0) is 0 Å². The molecule has 0 bridgehead atoms. The number of hydrogen-bond donors (Lipinski definition) is 1. The summed E-state index contributed by atoms with van der Waals surface area (Å²) in [6, 6.07) is 12.5. The molecular formula is C13H10N4O4. The highest BCUT2D eigenvalue weighted by molar-refractivity contribution is 5.91. The first-order valence-corrected chi connectivity index (χ1v) is 5.85.